The minimum absolute atomic E-state index is 0.00497. The fourth-order valence-electron chi connectivity index (χ4n) is 3.17. The van der Waals surface area contributed by atoms with Gasteiger partial charge in [0.1, 0.15) is 11.6 Å². The van der Waals surface area contributed by atoms with Gasteiger partial charge in [0.15, 0.2) is 0 Å². The van der Waals surface area contributed by atoms with Gasteiger partial charge in [0.05, 0.1) is 11.4 Å². The maximum Gasteiger partial charge on any atom is 0.266 e. The molecule has 0 radical (unpaired) electrons. The van der Waals surface area contributed by atoms with E-state index in [1.807, 2.05) is 104 Å². The van der Waals surface area contributed by atoms with Crippen LogP contribution in [-0.2, 0) is 4.79 Å². The molecule has 0 saturated heterocycles. The average molecular weight is 404 g/mol. The number of carbonyl (C=O) groups is 1. The number of amides is 1. The van der Waals surface area contributed by atoms with Crippen LogP contribution < -0.4 is 5.32 Å². The molecular formula is C26H20N4O. The smallest absolute Gasteiger partial charge is 0.266 e. The zero-order chi connectivity index (χ0) is 21.6. The van der Waals surface area contributed by atoms with E-state index in [-0.39, 0.29) is 5.57 Å². The van der Waals surface area contributed by atoms with Crippen LogP contribution in [0.5, 0.6) is 0 Å². The molecule has 0 saturated carbocycles. The van der Waals surface area contributed by atoms with Crippen LogP contribution in [0.2, 0.25) is 0 Å². The Morgan fingerprint density at radius 3 is 2.26 bits per heavy atom. The van der Waals surface area contributed by atoms with Crippen molar-refractivity contribution in [3.8, 4) is 23.0 Å². The first-order valence-corrected chi connectivity index (χ1v) is 9.84. The summed E-state index contributed by atoms with van der Waals surface area (Å²) in [5, 5.41) is 17.2. The van der Waals surface area contributed by atoms with Crippen LogP contribution in [0.25, 0.3) is 23.0 Å². The quantitative estimate of drug-likeness (QED) is 0.358. The minimum atomic E-state index is -0.460. The van der Waals surface area contributed by atoms with Gasteiger partial charge in [-0.15, -0.1) is 0 Å². The van der Waals surface area contributed by atoms with Crippen molar-refractivity contribution in [2.45, 2.75) is 6.92 Å². The Hall–Kier alpha value is -4.43. The van der Waals surface area contributed by atoms with E-state index in [0.29, 0.717) is 16.9 Å². The molecule has 0 unspecified atom stereocenters. The number of anilines is 1. The fraction of sp³-hybridized carbons (Fsp3) is 0.0385. The maximum atomic E-state index is 12.7. The Kier molecular flexibility index (Phi) is 5.72. The van der Waals surface area contributed by atoms with E-state index in [4.69, 9.17) is 5.10 Å². The van der Waals surface area contributed by atoms with Crippen LogP contribution in [0.15, 0.2) is 96.7 Å². The molecule has 0 atom stereocenters. The van der Waals surface area contributed by atoms with Crippen LogP contribution >= 0.6 is 0 Å². The van der Waals surface area contributed by atoms with Gasteiger partial charge in [-0.05, 0) is 37.3 Å². The summed E-state index contributed by atoms with van der Waals surface area (Å²) in [5.41, 5.74) is 4.91. The summed E-state index contributed by atoms with van der Waals surface area (Å²) in [4.78, 5) is 12.7. The van der Waals surface area contributed by atoms with Gasteiger partial charge < -0.3 is 5.32 Å². The second-order valence-electron chi connectivity index (χ2n) is 7.07. The van der Waals surface area contributed by atoms with Crippen molar-refractivity contribution in [3.63, 3.8) is 0 Å². The normalized spacial score (nSPS) is 11.0. The zero-order valence-electron chi connectivity index (χ0n) is 17.0. The van der Waals surface area contributed by atoms with Gasteiger partial charge in [-0.2, -0.15) is 10.4 Å². The molecule has 1 N–H and O–H groups in total. The number of rotatable bonds is 5. The molecule has 4 aromatic rings. The lowest BCUT2D eigenvalue weighted by molar-refractivity contribution is -0.112. The van der Waals surface area contributed by atoms with Crippen molar-refractivity contribution in [2.24, 2.45) is 0 Å². The van der Waals surface area contributed by atoms with Crippen LogP contribution in [0, 0.1) is 18.3 Å². The highest BCUT2D eigenvalue weighted by molar-refractivity contribution is 6.10. The number of carbonyl (C=O) groups excluding carboxylic acids is 1. The molecule has 1 heterocycles. The summed E-state index contributed by atoms with van der Waals surface area (Å²) in [7, 11) is 0. The highest BCUT2D eigenvalue weighted by atomic mass is 16.1. The summed E-state index contributed by atoms with van der Waals surface area (Å²) in [6.45, 7) is 1.97. The van der Waals surface area contributed by atoms with Gasteiger partial charge in [-0.25, -0.2) is 4.68 Å². The molecule has 4 rings (SSSR count). The van der Waals surface area contributed by atoms with Crippen molar-refractivity contribution in [2.75, 3.05) is 5.32 Å². The minimum Gasteiger partial charge on any atom is -0.321 e. The van der Waals surface area contributed by atoms with E-state index >= 15 is 0 Å². The van der Waals surface area contributed by atoms with E-state index < -0.39 is 5.91 Å². The van der Waals surface area contributed by atoms with Crippen LogP contribution in [0.3, 0.4) is 0 Å². The third kappa shape index (κ3) is 4.60. The SMILES string of the molecule is Cc1ccc(NC(=O)/C(C#N)=C/c2cn(-c3ccccc3)nc2-c2ccccc2)cc1. The van der Waals surface area contributed by atoms with Gasteiger partial charge in [0.25, 0.3) is 5.91 Å². The molecule has 5 nitrogen and oxygen atoms in total. The average Bonchev–Trinajstić information content (AvgIpc) is 3.24. The molecule has 0 aliphatic rings. The van der Waals surface area contributed by atoms with E-state index in [1.54, 1.807) is 10.8 Å². The molecule has 1 aromatic heterocycles. The lowest BCUT2D eigenvalue weighted by Gasteiger charge is -2.05. The third-order valence-corrected chi connectivity index (χ3v) is 4.78. The van der Waals surface area contributed by atoms with E-state index in [2.05, 4.69) is 5.32 Å². The van der Waals surface area contributed by atoms with E-state index in [9.17, 15) is 10.1 Å². The Balaban J connectivity index is 1.73. The summed E-state index contributed by atoms with van der Waals surface area (Å²) < 4.78 is 1.75. The molecule has 0 bridgehead atoms. The Morgan fingerprint density at radius 1 is 0.968 bits per heavy atom. The Morgan fingerprint density at radius 2 is 1.61 bits per heavy atom. The van der Waals surface area contributed by atoms with E-state index in [0.717, 1.165) is 16.8 Å². The molecule has 0 fully saturated rings. The number of nitrogens with one attached hydrogen (secondary N) is 1. The van der Waals surface area contributed by atoms with Crippen LogP contribution in [0.1, 0.15) is 11.1 Å². The highest BCUT2D eigenvalue weighted by Gasteiger charge is 2.15. The molecule has 0 aliphatic carbocycles. The maximum absolute atomic E-state index is 12.7. The number of para-hydroxylation sites is 1. The standard InChI is InChI=1S/C26H20N4O/c1-19-12-14-23(15-13-19)28-26(31)21(17-27)16-22-18-30(24-10-6-3-7-11-24)29-25(22)20-8-4-2-5-9-20/h2-16,18H,1H3,(H,28,31)/b21-16+. The summed E-state index contributed by atoms with van der Waals surface area (Å²) in [6.07, 6.45) is 3.41. The third-order valence-electron chi connectivity index (χ3n) is 4.78. The highest BCUT2D eigenvalue weighted by Crippen LogP contribution is 2.26. The van der Waals surface area contributed by atoms with Crippen LogP contribution in [-0.4, -0.2) is 15.7 Å². The summed E-state index contributed by atoms with van der Waals surface area (Å²) in [6, 6.07) is 28.9. The van der Waals surface area contributed by atoms with Gasteiger partial charge >= 0.3 is 0 Å². The van der Waals surface area contributed by atoms with Crippen molar-refractivity contribution < 1.29 is 4.79 Å². The number of nitriles is 1. The molecule has 1 amide bonds. The number of aryl methyl sites for hydroxylation is 1. The topological polar surface area (TPSA) is 70.7 Å². The van der Waals surface area contributed by atoms with Crippen molar-refractivity contribution in [1.82, 2.24) is 9.78 Å². The molecule has 150 valence electrons. The predicted molar refractivity (Wildman–Crippen MR) is 122 cm³/mol. The Bertz CT molecular complexity index is 1260. The Labute approximate surface area is 180 Å². The number of benzene rings is 3. The zero-order valence-corrected chi connectivity index (χ0v) is 17.0. The first-order valence-electron chi connectivity index (χ1n) is 9.84. The lowest BCUT2D eigenvalue weighted by Crippen LogP contribution is -2.13. The first kappa shape index (κ1) is 19.9. The number of hydrogen-bond acceptors (Lipinski definition) is 3. The predicted octanol–water partition coefficient (Wildman–Crippen LogP) is 5.39. The second-order valence-corrected chi connectivity index (χ2v) is 7.07. The largest absolute Gasteiger partial charge is 0.321 e. The first-order chi connectivity index (χ1) is 15.1. The second kappa shape index (κ2) is 8.93. The number of nitrogens with zero attached hydrogens (tertiary/aromatic N) is 3. The molecule has 31 heavy (non-hydrogen) atoms. The summed E-state index contributed by atoms with van der Waals surface area (Å²) >= 11 is 0. The lowest BCUT2D eigenvalue weighted by atomic mass is 10.1. The molecule has 5 heteroatoms. The molecule has 0 aliphatic heterocycles. The van der Waals surface area contributed by atoms with Gasteiger partial charge in [0.2, 0.25) is 0 Å². The molecular weight excluding hydrogens is 384 g/mol. The van der Waals surface area contributed by atoms with Crippen molar-refractivity contribution in [1.29, 1.82) is 5.26 Å². The summed E-state index contributed by atoms with van der Waals surface area (Å²) in [5.74, 6) is -0.460. The van der Waals surface area contributed by atoms with E-state index in [1.165, 1.54) is 0 Å². The van der Waals surface area contributed by atoms with Gasteiger partial charge in [-0.1, -0.05) is 66.2 Å². The molecule has 0 spiro atoms. The number of hydrogen-bond donors (Lipinski definition) is 1. The van der Waals surface area contributed by atoms with Crippen molar-refractivity contribution >= 4 is 17.7 Å². The fourth-order valence-corrected chi connectivity index (χ4v) is 3.17. The number of aromatic nitrogens is 2. The molecule has 3 aromatic carbocycles. The monoisotopic (exact) mass is 404 g/mol. The van der Waals surface area contributed by atoms with Crippen molar-refractivity contribution in [3.05, 3.63) is 108 Å². The van der Waals surface area contributed by atoms with Crippen LogP contribution in [0.4, 0.5) is 5.69 Å². The van der Waals surface area contributed by atoms with Gasteiger partial charge in [-0.3, -0.25) is 4.79 Å². The van der Waals surface area contributed by atoms with Gasteiger partial charge in [0, 0.05) is 23.0 Å².